The fourth-order valence-corrected chi connectivity index (χ4v) is 3.50. The number of carbonyl (C=O) groups is 2. The van der Waals surface area contributed by atoms with Crippen molar-refractivity contribution >= 4 is 23.6 Å². The van der Waals surface area contributed by atoms with Gasteiger partial charge in [-0.2, -0.15) is 0 Å². The maximum atomic E-state index is 14.0. The SMILES string of the molecule is CNC(=O)[C@H](C)N(Cc1ccccc1F)C(=O)CSCc1ccc(C)cc1. The van der Waals surface area contributed by atoms with Gasteiger partial charge in [-0.3, -0.25) is 9.59 Å². The molecule has 0 unspecified atom stereocenters. The van der Waals surface area contributed by atoms with Crippen LogP contribution in [0.4, 0.5) is 4.39 Å². The van der Waals surface area contributed by atoms with Crippen LogP contribution in [0.5, 0.6) is 0 Å². The molecule has 2 aromatic carbocycles. The number of nitrogens with one attached hydrogen (secondary N) is 1. The van der Waals surface area contributed by atoms with Crippen molar-refractivity contribution in [2.75, 3.05) is 12.8 Å². The van der Waals surface area contributed by atoms with Crippen LogP contribution in [0.2, 0.25) is 0 Å². The van der Waals surface area contributed by atoms with Crippen molar-refractivity contribution in [2.24, 2.45) is 0 Å². The molecule has 0 aliphatic carbocycles. The fraction of sp³-hybridized carbons (Fsp3) is 0.333. The molecule has 144 valence electrons. The van der Waals surface area contributed by atoms with Crippen LogP contribution < -0.4 is 5.32 Å². The third kappa shape index (κ3) is 6.10. The molecule has 0 aliphatic heterocycles. The molecule has 0 heterocycles. The lowest BCUT2D eigenvalue weighted by molar-refractivity contribution is -0.138. The second-order valence-electron chi connectivity index (χ2n) is 6.38. The van der Waals surface area contributed by atoms with Crippen LogP contribution in [0.15, 0.2) is 48.5 Å². The minimum atomic E-state index is -0.679. The number of rotatable bonds is 8. The molecule has 0 saturated heterocycles. The summed E-state index contributed by atoms with van der Waals surface area (Å²) in [5.41, 5.74) is 2.72. The van der Waals surface area contributed by atoms with Gasteiger partial charge in [0, 0.05) is 24.9 Å². The van der Waals surface area contributed by atoms with Gasteiger partial charge in [0.25, 0.3) is 0 Å². The lowest BCUT2D eigenvalue weighted by atomic mass is 10.1. The highest BCUT2D eigenvalue weighted by Crippen LogP contribution is 2.17. The van der Waals surface area contributed by atoms with E-state index >= 15 is 0 Å². The Bertz CT molecular complexity index is 780. The summed E-state index contributed by atoms with van der Waals surface area (Å²) < 4.78 is 14.0. The minimum Gasteiger partial charge on any atom is -0.357 e. The standard InChI is InChI=1S/C21H25FN2O2S/c1-15-8-10-17(11-9-15)13-27-14-20(25)24(16(2)21(26)23-3)12-18-6-4-5-7-19(18)22/h4-11,16H,12-14H2,1-3H3,(H,23,26)/t16-/m0/s1. The maximum Gasteiger partial charge on any atom is 0.242 e. The van der Waals surface area contributed by atoms with Gasteiger partial charge in [-0.25, -0.2) is 4.39 Å². The van der Waals surface area contributed by atoms with Gasteiger partial charge >= 0.3 is 0 Å². The van der Waals surface area contributed by atoms with Crippen molar-refractivity contribution in [3.05, 3.63) is 71.0 Å². The highest BCUT2D eigenvalue weighted by atomic mass is 32.2. The first-order chi connectivity index (χ1) is 12.9. The third-order valence-corrected chi connectivity index (χ3v) is 5.32. The first-order valence-corrected chi connectivity index (χ1v) is 9.95. The van der Waals surface area contributed by atoms with E-state index in [0.29, 0.717) is 11.3 Å². The molecular formula is C21H25FN2O2S. The molecule has 6 heteroatoms. The zero-order valence-electron chi connectivity index (χ0n) is 15.9. The summed E-state index contributed by atoms with van der Waals surface area (Å²) in [7, 11) is 1.52. The number of aryl methyl sites for hydroxylation is 1. The summed E-state index contributed by atoms with van der Waals surface area (Å²) in [5, 5.41) is 2.55. The molecule has 1 N–H and O–H groups in total. The second kappa shape index (κ2) is 10.1. The zero-order chi connectivity index (χ0) is 19.8. The van der Waals surface area contributed by atoms with Crippen LogP contribution in [0, 0.1) is 12.7 Å². The van der Waals surface area contributed by atoms with Gasteiger partial charge in [0.2, 0.25) is 11.8 Å². The van der Waals surface area contributed by atoms with Gasteiger partial charge in [-0.15, -0.1) is 11.8 Å². The largest absolute Gasteiger partial charge is 0.357 e. The predicted octanol–water partition coefficient (Wildman–Crippen LogP) is 3.53. The average Bonchev–Trinajstić information content (AvgIpc) is 2.67. The summed E-state index contributed by atoms with van der Waals surface area (Å²) in [6.45, 7) is 3.74. The number of benzene rings is 2. The Hall–Kier alpha value is -2.34. The normalized spacial score (nSPS) is 11.7. The van der Waals surface area contributed by atoms with Crippen molar-refractivity contribution in [1.29, 1.82) is 0 Å². The monoisotopic (exact) mass is 388 g/mol. The van der Waals surface area contributed by atoms with E-state index in [1.54, 1.807) is 25.1 Å². The van der Waals surface area contributed by atoms with Crippen LogP contribution in [-0.4, -0.2) is 35.6 Å². The summed E-state index contributed by atoms with van der Waals surface area (Å²) in [4.78, 5) is 26.3. The summed E-state index contributed by atoms with van der Waals surface area (Å²) >= 11 is 1.48. The highest BCUT2D eigenvalue weighted by molar-refractivity contribution is 7.99. The molecule has 0 radical (unpaired) electrons. The number of hydrogen-bond donors (Lipinski definition) is 1. The van der Waals surface area contributed by atoms with Crippen LogP contribution >= 0.6 is 11.8 Å². The minimum absolute atomic E-state index is 0.0607. The molecule has 2 aromatic rings. The Morgan fingerprint density at radius 3 is 2.44 bits per heavy atom. The highest BCUT2D eigenvalue weighted by Gasteiger charge is 2.26. The lowest BCUT2D eigenvalue weighted by Crippen LogP contribution is -2.47. The van der Waals surface area contributed by atoms with E-state index < -0.39 is 6.04 Å². The first-order valence-electron chi connectivity index (χ1n) is 8.80. The number of carbonyl (C=O) groups excluding carboxylic acids is 2. The van der Waals surface area contributed by atoms with E-state index in [9.17, 15) is 14.0 Å². The van der Waals surface area contributed by atoms with Gasteiger partial charge in [-0.1, -0.05) is 48.0 Å². The summed E-state index contributed by atoms with van der Waals surface area (Å²) in [5.74, 6) is 0.0822. The van der Waals surface area contributed by atoms with Crippen LogP contribution in [0.1, 0.15) is 23.6 Å². The molecule has 2 rings (SSSR count). The lowest BCUT2D eigenvalue weighted by Gasteiger charge is -2.28. The Balaban J connectivity index is 2.04. The number of amides is 2. The van der Waals surface area contributed by atoms with E-state index in [-0.39, 0.29) is 29.9 Å². The molecule has 0 aliphatic rings. The smallest absolute Gasteiger partial charge is 0.242 e. The molecular weight excluding hydrogens is 363 g/mol. The quantitative estimate of drug-likeness (QED) is 0.753. The third-order valence-electron chi connectivity index (χ3n) is 4.33. The molecule has 0 bridgehead atoms. The molecule has 0 spiro atoms. The van der Waals surface area contributed by atoms with Crippen LogP contribution in [0.3, 0.4) is 0 Å². The Labute approximate surface area is 164 Å². The topological polar surface area (TPSA) is 49.4 Å². The van der Waals surface area contributed by atoms with Crippen molar-refractivity contribution in [1.82, 2.24) is 10.2 Å². The molecule has 4 nitrogen and oxygen atoms in total. The van der Waals surface area contributed by atoms with E-state index in [0.717, 1.165) is 5.56 Å². The molecule has 0 fully saturated rings. The van der Waals surface area contributed by atoms with Gasteiger partial charge in [0.1, 0.15) is 11.9 Å². The van der Waals surface area contributed by atoms with Crippen molar-refractivity contribution < 1.29 is 14.0 Å². The van der Waals surface area contributed by atoms with E-state index in [1.807, 2.05) is 31.2 Å². The zero-order valence-corrected chi connectivity index (χ0v) is 16.7. The van der Waals surface area contributed by atoms with Crippen molar-refractivity contribution in [3.8, 4) is 0 Å². The van der Waals surface area contributed by atoms with Crippen molar-refractivity contribution in [2.45, 2.75) is 32.2 Å². The maximum absolute atomic E-state index is 14.0. The van der Waals surface area contributed by atoms with Gasteiger partial charge in [0.05, 0.1) is 5.75 Å². The van der Waals surface area contributed by atoms with Gasteiger partial charge in [0.15, 0.2) is 0 Å². The number of nitrogens with zero attached hydrogens (tertiary/aromatic N) is 1. The van der Waals surface area contributed by atoms with Gasteiger partial charge in [-0.05, 0) is 25.5 Å². The number of likely N-dealkylation sites (N-methyl/N-ethyl adjacent to an activating group) is 1. The molecule has 0 saturated carbocycles. The van der Waals surface area contributed by atoms with E-state index in [1.165, 1.54) is 35.3 Å². The van der Waals surface area contributed by atoms with Crippen LogP contribution in [-0.2, 0) is 21.9 Å². The molecule has 2 amide bonds. The Kier molecular flexibility index (Phi) is 7.85. The summed E-state index contributed by atoms with van der Waals surface area (Å²) in [6, 6.07) is 13.8. The first kappa shape index (κ1) is 21.0. The number of hydrogen-bond acceptors (Lipinski definition) is 3. The van der Waals surface area contributed by atoms with Gasteiger partial charge < -0.3 is 10.2 Å². The Morgan fingerprint density at radius 1 is 1.15 bits per heavy atom. The van der Waals surface area contributed by atoms with E-state index in [4.69, 9.17) is 0 Å². The molecule has 27 heavy (non-hydrogen) atoms. The fourth-order valence-electron chi connectivity index (χ4n) is 2.63. The van der Waals surface area contributed by atoms with E-state index in [2.05, 4.69) is 5.32 Å². The molecule has 0 aromatic heterocycles. The second-order valence-corrected chi connectivity index (χ2v) is 7.37. The predicted molar refractivity (Wildman–Crippen MR) is 108 cm³/mol. The summed E-state index contributed by atoms with van der Waals surface area (Å²) in [6.07, 6.45) is 0. The number of thioether (sulfide) groups is 1. The van der Waals surface area contributed by atoms with Crippen LogP contribution in [0.25, 0.3) is 0 Å². The Morgan fingerprint density at radius 2 is 1.81 bits per heavy atom. The number of halogens is 1. The van der Waals surface area contributed by atoms with Crippen molar-refractivity contribution in [3.63, 3.8) is 0 Å². The molecule has 1 atom stereocenters. The average molecular weight is 389 g/mol.